The average molecular weight is 422 g/mol. The van der Waals surface area contributed by atoms with Crippen molar-refractivity contribution < 1.29 is 19.0 Å². The van der Waals surface area contributed by atoms with Gasteiger partial charge >= 0.3 is 6.09 Å². The number of methoxy groups -OCH3 is 1. The molecular formula is C21H28ClN3O4. The Morgan fingerprint density at radius 2 is 1.97 bits per heavy atom. The first-order valence-electron chi connectivity index (χ1n) is 9.51. The van der Waals surface area contributed by atoms with Crippen molar-refractivity contribution in [3.8, 4) is 5.75 Å². The predicted octanol–water partition coefficient (Wildman–Crippen LogP) is 3.71. The molecular weight excluding hydrogens is 394 g/mol. The predicted molar refractivity (Wildman–Crippen MR) is 112 cm³/mol. The maximum atomic E-state index is 12.1. The first-order valence-corrected chi connectivity index (χ1v) is 9.89. The highest BCUT2D eigenvalue weighted by Gasteiger charge is 2.35. The van der Waals surface area contributed by atoms with Gasteiger partial charge in [-0.15, -0.1) is 0 Å². The van der Waals surface area contributed by atoms with E-state index in [2.05, 4.69) is 4.98 Å². The molecule has 0 bridgehead atoms. The van der Waals surface area contributed by atoms with Crippen LogP contribution in [0.25, 0.3) is 10.8 Å². The lowest BCUT2D eigenvalue weighted by Crippen LogP contribution is -2.57. The highest BCUT2D eigenvalue weighted by molar-refractivity contribution is 6.30. The summed E-state index contributed by atoms with van der Waals surface area (Å²) < 4.78 is 16.8. The minimum absolute atomic E-state index is 0.115. The van der Waals surface area contributed by atoms with Crippen LogP contribution in [0.4, 0.5) is 4.79 Å². The van der Waals surface area contributed by atoms with Crippen LogP contribution in [0.5, 0.6) is 5.75 Å². The third-order valence-electron chi connectivity index (χ3n) is 4.68. The summed E-state index contributed by atoms with van der Waals surface area (Å²) >= 11 is 6.14. The van der Waals surface area contributed by atoms with E-state index in [4.69, 9.17) is 31.5 Å². The van der Waals surface area contributed by atoms with Crippen molar-refractivity contribution in [2.75, 3.05) is 26.8 Å². The molecule has 1 aliphatic heterocycles. The first kappa shape index (κ1) is 21.6. The zero-order chi connectivity index (χ0) is 21.4. The number of carbonyl (C=O) groups is 1. The van der Waals surface area contributed by atoms with Gasteiger partial charge in [-0.25, -0.2) is 9.78 Å². The van der Waals surface area contributed by atoms with Gasteiger partial charge in [-0.2, -0.15) is 0 Å². The molecule has 2 aromatic rings. The number of carbonyl (C=O) groups excluding carboxylic acids is 1. The van der Waals surface area contributed by atoms with E-state index in [-0.39, 0.29) is 12.2 Å². The number of hydrogen-bond acceptors (Lipinski definition) is 6. The number of fused-ring (bicyclic) bond motifs is 1. The Balaban J connectivity index is 1.79. The number of halogens is 1. The van der Waals surface area contributed by atoms with Crippen molar-refractivity contribution in [1.29, 1.82) is 0 Å². The number of nitrogens with two attached hydrogens (primary N) is 1. The number of amides is 1. The van der Waals surface area contributed by atoms with E-state index in [1.165, 1.54) is 0 Å². The summed E-state index contributed by atoms with van der Waals surface area (Å²) in [4.78, 5) is 17.9. The largest absolute Gasteiger partial charge is 0.486 e. The van der Waals surface area contributed by atoms with E-state index in [9.17, 15) is 4.79 Å². The number of ether oxygens (including phenoxy) is 3. The summed E-state index contributed by atoms with van der Waals surface area (Å²) in [5.74, 6) is 0.676. The zero-order valence-electron chi connectivity index (χ0n) is 17.5. The maximum Gasteiger partial charge on any atom is 0.410 e. The van der Waals surface area contributed by atoms with Gasteiger partial charge in [0.15, 0.2) is 0 Å². The van der Waals surface area contributed by atoms with Gasteiger partial charge in [0, 0.05) is 18.7 Å². The van der Waals surface area contributed by atoms with Gasteiger partial charge < -0.3 is 24.8 Å². The SMILES string of the molecule is COCC(C)(N)c1ccc(OC2CN(C(=O)OC(C)(C)C)C2)c2cnc(Cl)cc12. The van der Waals surface area contributed by atoms with E-state index in [1.807, 2.05) is 39.8 Å². The third kappa shape index (κ3) is 4.91. The van der Waals surface area contributed by atoms with Gasteiger partial charge in [-0.3, -0.25) is 0 Å². The molecule has 1 aromatic carbocycles. The Morgan fingerprint density at radius 3 is 2.59 bits per heavy atom. The molecule has 1 fully saturated rings. The molecule has 0 radical (unpaired) electrons. The number of pyridine rings is 1. The van der Waals surface area contributed by atoms with E-state index in [1.54, 1.807) is 24.3 Å². The van der Waals surface area contributed by atoms with Crippen molar-refractivity contribution in [3.05, 3.63) is 35.1 Å². The van der Waals surface area contributed by atoms with Crippen molar-refractivity contribution in [2.45, 2.75) is 44.9 Å². The summed E-state index contributed by atoms with van der Waals surface area (Å²) in [6.07, 6.45) is 1.24. The Bertz CT molecular complexity index is 905. The highest BCUT2D eigenvalue weighted by atomic mass is 35.5. The fraction of sp³-hybridized carbons (Fsp3) is 0.524. The molecule has 8 heteroatoms. The molecule has 1 amide bonds. The maximum absolute atomic E-state index is 12.1. The molecule has 1 unspecified atom stereocenters. The highest BCUT2D eigenvalue weighted by Crippen LogP contribution is 2.35. The molecule has 1 atom stereocenters. The smallest absolute Gasteiger partial charge is 0.410 e. The van der Waals surface area contributed by atoms with Crippen LogP contribution >= 0.6 is 11.6 Å². The van der Waals surface area contributed by atoms with Crippen molar-refractivity contribution in [1.82, 2.24) is 9.88 Å². The second-order valence-electron chi connectivity index (χ2n) is 8.64. The molecule has 3 rings (SSSR count). The van der Waals surface area contributed by atoms with Gasteiger partial charge in [0.1, 0.15) is 22.6 Å². The number of hydrogen-bond donors (Lipinski definition) is 1. The minimum Gasteiger partial charge on any atom is -0.486 e. The van der Waals surface area contributed by atoms with Crippen LogP contribution in [-0.2, 0) is 15.0 Å². The van der Waals surface area contributed by atoms with Gasteiger partial charge in [-0.1, -0.05) is 17.7 Å². The summed E-state index contributed by atoms with van der Waals surface area (Å²) in [5, 5.41) is 2.06. The quantitative estimate of drug-likeness (QED) is 0.740. The molecule has 0 spiro atoms. The van der Waals surface area contributed by atoms with E-state index >= 15 is 0 Å². The molecule has 1 aliphatic rings. The Labute approximate surface area is 176 Å². The first-order chi connectivity index (χ1) is 13.5. The van der Waals surface area contributed by atoms with Crippen molar-refractivity contribution in [3.63, 3.8) is 0 Å². The van der Waals surface area contributed by atoms with Gasteiger partial charge in [0.05, 0.1) is 25.2 Å². The summed E-state index contributed by atoms with van der Waals surface area (Å²) in [7, 11) is 1.62. The number of likely N-dealkylation sites (tertiary alicyclic amines) is 1. The van der Waals surface area contributed by atoms with Crippen LogP contribution in [0.1, 0.15) is 33.3 Å². The monoisotopic (exact) mass is 421 g/mol. The van der Waals surface area contributed by atoms with Crippen LogP contribution in [0.3, 0.4) is 0 Å². The van der Waals surface area contributed by atoms with Gasteiger partial charge in [0.25, 0.3) is 0 Å². The summed E-state index contributed by atoms with van der Waals surface area (Å²) in [5.41, 5.74) is 6.16. The third-order valence-corrected chi connectivity index (χ3v) is 4.89. The molecule has 2 N–H and O–H groups in total. The van der Waals surface area contributed by atoms with E-state index in [0.717, 1.165) is 16.3 Å². The second kappa shape index (κ2) is 7.97. The van der Waals surface area contributed by atoms with Crippen LogP contribution in [-0.4, -0.2) is 54.5 Å². The normalized spacial score (nSPS) is 17.0. The molecule has 0 saturated carbocycles. The molecule has 7 nitrogen and oxygen atoms in total. The Morgan fingerprint density at radius 1 is 1.28 bits per heavy atom. The molecule has 0 aliphatic carbocycles. The second-order valence-corrected chi connectivity index (χ2v) is 9.03. The Hall–Kier alpha value is -2.09. The van der Waals surface area contributed by atoms with Crippen molar-refractivity contribution >= 4 is 28.5 Å². The van der Waals surface area contributed by atoms with Crippen LogP contribution in [0, 0.1) is 0 Å². The van der Waals surface area contributed by atoms with Crippen LogP contribution in [0.15, 0.2) is 24.4 Å². The van der Waals surface area contributed by atoms with E-state index in [0.29, 0.717) is 30.6 Å². The number of nitrogens with zero attached hydrogens (tertiary/aromatic N) is 2. The Kier molecular flexibility index (Phi) is 5.94. The summed E-state index contributed by atoms with van der Waals surface area (Å²) in [6.45, 7) is 8.74. The fourth-order valence-electron chi connectivity index (χ4n) is 3.33. The number of aromatic nitrogens is 1. The van der Waals surface area contributed by atoms with Crippen LogP contribution in [0.2, 0.25) is 5.15 Å². The number of rotatable bonds is 5. The lowest BCUT2D eigenvalue weighted by Gasteiger charge is -2.39. The van der Waals surface area contributed by atoms with Gasteiger partial charge in [0.2, 0.25) is 0 Å². The van der Waals surface area contributed by atoms with Gasteiger partial charge in [-0.05, 0) is 50.8 Å². The molecule has 158 valence electrons. The van der Waals surface area contributed by atoms with E-state index < -0.39 is 11.1 Å². The lowest BCUT2D eigenvalue weighted by atomic mass is 9.89. The number of benzene rings is 1. The molecule has 1 saturated heterocycles. The standard InChI is InChI=1S/C21H28ClN3O4/c1-20(2,3)29-19(26)25-10-13(11-25)28-17-7-6-16(21(4,23)12-27-5)14-8-18(22)24-9-15(14)17/h6-9,13H,10-12,23H2,1-5H3. The van der Waals surface area contributed by atoms with Crippen molar-refractivity contribution in [2.24, 2.45) is 5.73 Å². The summed E-state index contributed by atoms with van der Waals surface area (Å²) in [6, 6.07) is 5.59. The molecule has 1 aromatic heterocycles. The average Bonchev–Trinajstić information content (AvgIpc) is 2.55. The topological polar surface area (TPSA) is 86.9 Å². The fourth-order valence-corrected chi connectivity index (χ4v) is 3.49. The minimum atomic E-state index is -0.694. The lowest BCUT2D eigenvalue weighted by molar-refractivity contribution is -0.0217. The van der Waals surface area contributed by atoms with Crippen LogP contribution < -0.4 is 10.5 Å². The zero-order valence-corrected chi connectivity index (χ0v) is 18.2. The molecule has 2 heterocycles. The molecule has 29 heavy (non-hydrogen) atoms.